The fraction of sp³-hybridized carbons (Fsp3) is 0.286. The molecular formula is C21H19ClFN3O3. The number of hydrogen-bond donors (Lipinski definition) is 0. The van der Waals surface area contributed by atoms with Crippen LogP contribution in [-0.4, -0.2) is 59.7 Å². The van der Waals surface area contributed by atoms with Gasteiger partial charge < -0.3 is 4.90 Å². The maximum absolute atomic E-state index is 13.4. The molecule has 0 aromatic heterocycles. The number of benzene rings is 2. The van der Waals surface area contributed by atoms with Crippen molar-refractivity contribution in [1.82, 2.24) is 9.80 Å². The second-order valence-corrected chi connectivity index (χ2v) is 7.49. The fourth-order valence-corrected chi connectivity index (χ4v) is 3.97. The molecule has 29 heavy (non-hydrogen) atoms. The lowest BCUT2D eigenvalue weighted by atomic mass is 10.1. The van der Waals surface area contributed by atoms with E-state index in [1.165, 1.54) is 12.1 Å². The molecule has 0 unspecified atom stereocenters. The van der Waals surface area contributed by atoms with Crippen LogP contribution >= 0.6 is 11.6 Å². The molecule has 2 aromatic rings. The molecule has 0 bridgehead atoms. The number of carbonyl (C=O) groups excluding carboxylic acids is 3. The molecule has 2 aliphatic rings. The van der Waals surface area contributed by atoms with E-state index in [1.807, 2.05) is 23.1 Å². The first kappa shape index (κ1) is 19.5. The van der Waals surface area contributed by atoms with Crippen LogP contribution in [0.5, 0.6) is 0 Å². The van der Waals surface area contributed by atoms with Crippen molar-refractivity contribution in [3.63, 3.8) is 0 Å². The smallest absolute Gasteiger partial charge is 0.253 e. The first-order valence-electron chi connectivity index (χ1n) is 9.36. The van der Waals surface area contributed by atoms with Gasteiger partial charge in [-0.15, -0.1) is 0 Å². The Labute approximate surface area is 172 Å². The van der Waals surface area contributed by atoms with Gasteiger partial charge in [0.25, 0.3) is 11.8 Å². The molecule has 2 aromatic carbocycles. The Kier molecular flexibility index (Phi) is 5.34. The first-order valence-corrected chi connectivity index (χ1v) is 9.74. The Morgan fingerprint density at radius 1 is 1.00 bits per heavy atom. The number of nitrogens with zero attached hydrogens (tertiary/aromatic N) is 3. The number of amides is 3. The van der Waals surface area contributed by atoms with Crippen LogP contribution in [0.15, 0.2) is 48.5 Å². The number of halogens is 2. The second-order valence-electron chi connectivity index (χ2n) is 7.08. The van der Waals surface area contributed by atoms with E-state index < -0.39 is 11.9 Å². The zero-order valence-electron chi connectivity index (χ0n) is 15.6. The molecule has 2 fully saturated rings. The predicted octanol–water partition coefficient (Wildman–Crippen LogP) is 2.57. The fourth-order valence-electron chi connectivity index (χ4n) is 3.80. The molecule has 6 nitrogen and oxygen atoms in total. The lowest BCUT2D eigenvalue weighted by Gasteiger charge is -2.37. The quantitative estimate of drug-likeness (QED) is 0.723. The van der Waals surface area contributed by atoms with Crippen molar-refractivity contribution in [2.24, 2.45) is 0 Å². The summed E-state index contributed by atoms with van der Waals surface area (Å²) in [7, 11) is 0. The van der Waals surface area contributed by atoms with E-state index in [-0.39, 0.29) is 34.9 Å². The van der Waals surface area contributed by atoms with Gasteiger partial charge in [-0.2, -0.15) is 0 Å². The maximum Gasteiger partial charge on any atom is 0.253 e. The summed E-state index contributed by atoms with van der Waals surface area (Å²) in [6, 6.07) is 12.3. The molecule has 8 heteroatoms. The summed E-state index contributed by atoms with van der Waals surface area (Å²) in [6.45, 7) is 1.96. The highest BCUT2D eigenvalue weighted by molar-refractivity contribution is 6.31. The molecule has 0 saturated carbocycles. The molecule has 0 radical (unpaired) electrons. The average Bonchev–Trinajstić information content (AvgIpc) is 3.04. The lowest BCUT2D eigenvalue weighted by Crippen LogP contribution is -2.53. The highest BCUT2D eigenvalue weighted by Gasteiger charge is 2.43. The van der Waals surface area contributed by atoms with Crippen LogP contribution in [0.4, 0.5) is 10.1 Å². The van der Waals surface area contributed by atoms with E-state index in [9.17, 15) is 18.8 Å². The van der Waals surface area contributed by atoms with Gasteiger partial charge in [0.05, 0.1) is 23.2 Å². The number of carbonyl (C=O) groups is 3. The zero-order chi connectivity index (χ0) is 20.5. The predicted molar refractivity (Wildman–Crippen MR) is 106 cm³/mol. The SMILES string of the molecule is O=C(c1ccccc1)N1CCN([C@@H]2CC(=O)N(c3ccc(F)c(Cl)c3)C2=O)CC1. The van der Waals surface area contributed by atoms with Crippen LogP contribution in [0.2, 0.25) is 5.02 Å². The third-order valence-electron chi connectivity index (χ3n) is 5.35. The second kappa shape index (κ2) is 7.93. The Morgan fingerprint density at radius 3 is 2.34 bits per heavy atom. The van der Waals surface area contributed by atoms with Crippen molar-refractivity contribution in [3.8, 4) is 0 Å². The van der Waals surface area contributed by atoms with Gasteiger partial charge >= 0.3 is 0 Å². The first-order chi connectivity index (χ1) is 14.0. The molecule has 0 spiro atoms. The summed E-state index contributed by atoms with van der Waals surface area (Å²) in [5, 5.41) is -0.139. The van der Waals surface area contributed by atoms with E-state index in [2.05, 4.69) is 0 Å². The van der Waals surface area contributed by atoms with Gasteiger partial charge in [0.2, 0.25) is 5.91 Å². The van der Waals surface area contributed by atoms with Crippen molar-refractivity contribution in [2.45, 2.75) is 12.5 Å². The number of anilines is 1. The molecular weight excluding hydrogens is 397 g/mol. The lowest BCUT2D eigenvalue weighted by molar-refractivity contribution is -0.123. The molecule has 2 heterocycles. The molecule has 0 N–H and O–H groups in total. The van der Waals surface area contributed by atoms with E-state index in [1.54, 1.807) is 17.0 Å². The van der Waals surface area contributed by atoms with Crippen molar-refractivity contribution < 1.29 is 18.8 Å². The summed E-state index contributed by atoms with van der Waals surface area (Å²) in [6.07, 6.45) is 0.0560. The summed E-state index contributed by atoms with van der Waals surface area (Å²) in [5.74, 6) is -1.34. The summed E-state index contributed by atoms with van der Waals surface area (Å²) in [5.41, 5.74) is 0.902. The van der Waals surface area contributed by atoms with Crippen molar-refractivity contribution in [3.05, 3.63) is 64.9 Å². The monoisotopic (exact) mass is 415 g/mol. The highest BCUT2D eigenvalue weighted by atomic mass is 35.5. The van der Waals surface area contributed by atoms with Gasteiger partial charge in [0, 0.05) is 31.7 Å². The Hall–Kier alpha value is -2.77. The third kappa shape index (κ3) is 3.75. The van der Waals surface area contributed by atoms with E-state index in [4.69, 9.17) is 11.6 Å². The Balaban J connectivity index is 1.42. The Bertz CT molecular complexity index is 961. The van der Waals surface area contributed by atoms with Crippen LogP contribution in [0.1, 0.15) is 16.8 Å². The molecule has 1 atom stereocenters. The van der Waals surface area contributed by atoms with Crippen molar-refractivity contribution >= 4 is 35.0 Å². The number of rotatable bonds is 3. The van der Waals surface area contributed by atoms with E-state index >= 15 is 0 Å². The van der Waals surface area contributed by atoms with E-state index in [0.717, 1.165) is 11.0 Å². The number of piperazine rings is 1. The molecule has 4 rings (SSSR count). The standard InChI is InChI=1S/C21H19ClFN3O3/c22-16-12-15(6-7-17(16)23)26-19(27)13-18(21(26)29)24-8-10-25(11-9-24)20(28)14-4-2-1-3-5-14/h1-7,12,18H,8-11,13H2/t18-/m1/s1. The van der Waals surface area contributed by atoms with Crippen LogP contribution < -0.4 is 4.90 Å². The maximum atomic E-state index is 13.4. The van der Waals surface area contributed by atoms with E-state index in [0.29, 0.717) is 31.7 Å². The molecule has 150 valence electrons. The van der Waals surface area contributed by atoms with Crippen LogP contribution in [0, 0.1) is 5.82 Å². The number of imide groups is 1. The number of hydrogen-bond acceptors (Lipinski definition) is 4. The van der Waals surface area contributed by atoms with Gasteiger partial charge in [0.1, 0.15) is 5.82 Å². The van der Waals surface area contributed by atoms with Gasteiger partial charge in [-0.3, -0.25) is 19.3 Å². The van der Waals surface area contributed by atoms with Crippen LogP contribution in [-0.2, 0) is 9.59 Å². The summed E-state index contributed by atoms with van der Waals surface area (Å²) < 4.78 is 13.4. The largest absolute Gasteiger partial charge is 0.336 e. The Morgan fingerprint density at radius 2 is 1.69 bits per heavy atom. The minimum atomic E-state index is -0.606. The molecule has 3 amide bonds. The van der Waals surface area contributed by atoms with Crippen LogP contribution in [0.3, 0.4) is 0 Å². The minimum Gasteiger partial charge on any atom is -0.336 e. The minimum absolute atomic E-state index is 0.0401. The van der Waals surface area contributed by atoms with Crippen LogP contribution in [0.25, 0.3) is 0 Å². The summed E-state index contributed by atoms with van der Waals surface area (Å²) in [4.78, 5) is 42.7. The van der Waals surface area contributed by atoms with Crippen molar-refractivity contribution in [1.29, 1.82) is 0 Å². The molecule has 0 aliphatic carbocycles. The van der Waals surface area contributed by atoms with Gasteiger partial charge in [-0.25, -0.2) is 9.29 Å². The van der Waals surface area contributed by atoms with Gasteiger partial charge in [0.15, 0.2) is 0 Å². The van der Waals surface area contributed by atoms with Gasteiger partial charge in [-0.05, 0) is 30.3 Å². The highest BCUT2D eigenvalue weighted by Crippen LogP contribution is 2.29. The zero-order valence-corrected chi connectivity index (χ0v) is 16.3. The molecule has 2 saturated heterocycles. The molecule has 2 aliphatic heterocycles. The summed E-state index contributed by atoms with van der Waals surface area (Å²) >= 11 is 5.80. The average molecular weight is 416 g/mol. The van der Waals surface area contributed by atoms with Gasteiger partial charge in [-0.1, -0.05) is 29.8 Å². The topological polar surface area (TPSA) is 60.9 Å². The normalized spacial score (nSPS) is 20.4. The third-order valence-corrected chi connectivity index (χ3v) is 5.64. The van der Waals surface area contributed by atoms with Crippen molar-refractivity contribution in [2.75, 3.05) is 31.1 Å².